The fourth-order valence-electron chi connectivity index (χ4n) is 2.88. The first-order valence-electron chi connectivity index (χ1n) is 10.5. The highest BCUT2D eigenvalue weighted by Gasteiger charge is 2.31. The Bertz CT molecular complexity index is 829. The van der Waals surface area contributed by atoms with Gasteiger partial charge in [0.1, 0.15) is 18.1 Å². The quantitative estimate of drug-likeness (QED) is 0.173. The number of aromatic amines is 1. The summed E-state index contributed by atoms with van der Waals surface area (Å²) in [6.07, 6.45) is 2.97. The third-order valence-corrected chi connectivity index (χ3v) is 5.14. The lowest BCUT2D eigenvalue weighted by Gasteiger charge is -2.26. The van der Waals surface area contributed by atoms with E-state index >= 15 is 0 Å². The summed E-state index contributed by atoms with van der Waals surface area (Å²) in [4.78, 5) is 66.3. The lowest BCUT2D eigenvalue weighted by Crippen LogP contribution is -2.58. The molecule has 1 aromatic heterocycles. The molecule has 8 N–H and O–H groups in total. The number of nitrogens with zero attached hydrogens (tertiary/aromatic N) is 1. The molecule has 0 saturated carbocycles. The predicted molar refractivity (Wildman–Crippen MR) is 116 cm³/mol. The van der Waals surface area contributed by atoms with Crippen molar-refractivity contribution < 1.29 is 34.2 Å². The maximum absolute atomic E-state index is 12.8. The van der Waals surface area contributed by atoms with Crippen molar-refractivity contribution >= 4 is 29.7 Å². The number of carboxylic acids is 2. The molecule has 0 spiro atoms. The van der Waals surface area contributed by atoms with Gasteiger partial charge < -0.3 is 36.9 Å². The number of imidazole rings is 1. The summed E-state index contributed by atoms with van der Waals surface area (Å²) in [6, 6.07) is -4.46. The lowest BCUT2D eigenvalue weighted by atomic mass is 9.97. The normalized spacial score (nSPS) is 15.4. The predicted octanol–water partition coefficient (Wildman–Crippen LogP) is -1.25. The Hall–Kier alpha value is -3.48. The number of amides is 3. The van der Waals surface area contributed by atoms with E-state index in [1.165, 1.54) is 19.4 Å². The maximum atomic E-state index is 12.8. The van der Waals surface area contributed by atoms with Crippen LogP contribution in [0.2, 0.25) is 0 Å². The van der Waals surface area contributed by atoms with Gasteiger partial charge in [-0.2, -0.15) is 0 Å². The zero-order chi connectivity index (χ0) is 25.1. The summed E-state index contributed by atoms with van der Waals surface area (Å²) in [5, 5.41) is 25.2. The molecule has 33 heavy (non-hydrogen) atoms. The second-order valence-electron chi connectivity index (χ2n) is 7.82. The van der Waals surface area contributed by atoms with Gasteiger partial charge in [-0.15, -0.1) is 0 Å². The van der Waals surface area contributed by atoms with Gasteiger partial charge in [-0.25, -0.2) is 9.78 Å². The summed E-state index contributed by atoms with van der Waals surface area (Å²) in [5.74, 6) is -4.86. The van der Waals surface area contributed by atoms with Crippen LogP contribution < -0.4 is 21.7 Å². The van der Waals surface area contributed by atoms with Gasteiger partial charge in [-0.3, -0.25) is 19.2 Å². The number of hydrogen-bond acceptors (Lipinski definition) is 7. The number of carboxylic acid groups (broad SMARTS) is 2. The Morgan fingerprint density at radius 2 is 1.73 bits per heavy atom. The molecule has 0 radical (unpaired) electrons. The van der Waals surface area contributed by atoms with Crippen molar-refractivity contribution in [3.05, 3.63) is 18.2 Å². The minimum absolute atomic E-state index is 0.187. The molecule has 1 rings (SSSR count). The summed E-state index contributed by atoms with van der Waals surface area (Å²) in [7, 11) is 0. The van der Waals surface area contributed by atoms with Crippen LogP contribution in [0.15, 0.2) is 12.5 Å². The zero-order valence-corrected chi connectivity index (χ0v) is 18.8. The highest BCUT2D eigenvalue weighted by molar-refractivity contribution is 5.94. The lowest BCUT2D eigenvalue weighted by molar-refractivity contribution is -0.143. The van der Waals surface area contributed by atoms with Gasteiger partial charge in [-0.1, -0.05) is 20.3 Å². The number of H-pyrrole nitrogens is 1. The molecule has 3 amide bonds. The number of nitrogens with one attached hydrogen (secondary N) is 4. The molecular weight excluding hydrogens is 436 g/mol. The molecule has 5 unspecified atom stereocenters. The number of aromatic nitrogens is 2. The SMILES string of the molecule is CCC(C)C(NC(=O)C(N)Cc1cnc[nH]1)C(=O)NC(C)C(=O)NC(CCC(=O)O)C(=O)O. The average molecular weight is 469 g/mol. The van der Waals surface area contributed by atoms with Crippen LogP contribution in [0, 0.1) is 5.92 Å². The molecule has 0 aliphatic heterocycles. The van der Waals surface area contributed by atoms with Gasteiger partial charge in [0.2, 0.25) is 17.7 Å². The monoisotopic (exact) mass is 468 g/mol. The van der Waals surface area contributed by atoms with Crippen LogP contribution in [0.25, 0.3) is 0 Å². The van der Waals surface area contributed by atoms with Crippen LogP contribution >= 0.6 is 0 Å². The molecule has 1 heterocycles. The Balaban J connectivity index is 2.75. The minimum Gasteiger partial charge on any atom is -0.481 e. The van der Waals surface area contributed by atoms with E-state index in [2.05, 4.69) is 25.9 Å². The van der Waals surface area contributed by atoms with Crippen LogP contribution in [-0.2, 0) is 30.4 Å². The van der Waals surface area contributed by atoms with E-state index in [1.807, 2.05) is 6.92 Å². The van der Waals surface area contributed by atoms with Gasteiger partial charge in [0.25, 0.3) is 0 Å². The van der Waals surface area contributed by atoms with Gasteiger partial charge in [0.15, 0.2) is 0 Å². The fourth-order valence-corrected chi connectivity index (χ4v) is 2.88. The minimum atomic E-state index is -1.42. The largest absolute Gasteiger partial charge is 0.481 e. The molecule has 0 saturated heterocycles. The second kappa shape index (κ2) is 13.2. The molecule has 13 nitrogen and oxygen atoms in total. The first kappa shape index (κ1) is 27.6. The number of rotatable bonds is 14. The average Bonchev–Trinajstić information content (AvgIpc) is 3.26. The number of carbonyl (C=O) groups excluding carboxylic acids is 3. The third-order valence-electron chi connectivity index (χ3n) is 5.14. The van der Waals surface area contributed by atoms with Crippen molar-refractivity contribution in [2.75, 3.05) is 0 Å². The fraction of sp³-hybridized carbons (Fsp3) is 0.600. The van der Waals surface area contributed by atoms with E-state index in [0.29, 0.717) is 12.1 Å². The zero-order valence-electron chi connectivity index (χ0n) is 18.8. The van der Waals surface area contributed by atoms with Crippen LogP contribution in [0.4, 0.5) is 0 Å². The van der Waals surface area contributed by atoms with E-state index in [4.69, 9.17) is 10.8 Å². The highest BCUT2D eigenvalue weighted by Crippen LogP contribution is 2.09. The summed E-state index contributed by atoms with van der Waals surface area (Å²) >= 11 is 0. The first-order valence-corrected chi connectivity index (χ1v) is 10.5. The van der Waals surface area contributed by atoms with Gasteiger partial charge in [0, 0.05) is 24.7 Å². The van der Waals surface area contributed by atoms with E-state index in [0.717, 1.165) is 0 Å². The van der Waals surface area contributed by atoms with E-state index in [1.54, 1.807) is 6.92 Å². The molecule has 0 bridgehead atoms. The second-order valence-corrected chi connectivity index (χ2v) is 7.82. The Morgan fingerprint density at radius 3 is 2.24 bits per heavy atom. The summed E-state index contributed by atoms with van der Waals surface area (Å²) in [5.41, 5.74) is 6.58. The molecule has 0 aliphatic carbocycles. The van der Waals surface area contributed by atoms with Crippen LogP contribution in [0.1, 0.15) is 45.7 Å². The molecule has 13 heteroatoms. The molecule has 0 aromatic carbocycles. The maximum Gasteiger partial charge on any atom is 0.326 e. The van der Waals surface area contributed by atoms with Gasteiger partial charge in [-0.05, 0) is 19.3 Å². The van der Waals surface area contributed by atoms with Crippen molar-refractivity contribution in [2.45, 2.75) is 70.6 Å². The van der Waals surface area contributed by atoms with Crippen molar-refractivity contribution in [1.29, 1.82) is 0 Å². The molecular formula is C20H32N6O7. The number of nitrogens with two attached hydrogens (primary N) is 1. The molecule has 5 atom stereocenters. The summed E-state index contributed by atoms with van der Waals surface area (Å²) in [6.45, 7) is 4.93. The number of aliphatic carboxylic acids is 2. The number of carbonyl (C=O) groups is 5. The number of hydrogen-bond donors (Lipinski definition) is 7. The summed E-state index contributed by atoms with van der Waals surface area (Å²) < 4.78 is 0. The van der Waals surface area contributed by atoms with Crippen LogP contribution in [0.3, 0.4) is 0 Å². The molecule has 0 aliphatic rings. The molecule has 0 fully saturated rings. The topological polar surface area (TPSA) is 217 Å². The van der Waals surface area contributed by atoms with Crippen molar-refractivity contribution in [1.82, 2.24) is 25.9 Å². The Labute approximate surface area is 190 Å². The third kappa shape index (κ3) is 9.27. The van der Waals surface area contributed by atoms with Crippen molar-refractivity contribution in [3.8, 4) is 0 Å². The van der Waals surface area contributed by atoms with E-state index in [-0.39, 0.29) is 18.8 Å². The standard InChI is InChI=1S/C20H32N6O7/c1-4-10(2)16(26-18(30)13(21)7-12-8-22-9-23-12)19(31)24-11(3)17(29)25-14(20(32)33)5-6-15(27)28/h8-11,13-14,16H,4-7,21H2,1-3H3,(H,22,23)(H,24,31)(H,25,29)(H,26,30)(H,27,28)(H,32,33). The molecule has 184 valence electrons. The highest BCUT2D eigenvalue weighted by atomic mass is 16.4. The van der Waals surface area contributed by atoms with Gasteiger partial charge in [0.05, 0.1) is 12.4 Å². The molecule has 1 aromatic rings. The van der Waals surface area contributed by atoms with E-state index in [9.17, 15) is 29.1 Å². The van der Waals surface area contributed by atoms with E-state index < -0.39 is 60.2 Å². The van der Waals surface area contributed by atoms with Crippen molar-refractivity contribution in [2.24, 2.45) is 11.7 Å². The smallest absolute Gasteiger partial charge is 0.326 e. The van der Waals surface area contributed by atoms with Gasteiger partial charge >= 0.3 is 11.9 Å². The van der Waals surface area contributed by atoms with Crippen LogP contribution in [0.5, 0.6) is 0 Å². The van der Waals surface area contributed by atoms with Crippen LogP contribution in [-0.4, -0.2) is 74.0 Å². The Morgan fingerprint density at radius 1 is 1.06 bits per heavy atom. The van der Waals surface area contributed by atoms with Crippen molar-refractivity contribution in [3.63, 3.8) is 0 Å². The first-order chi connectivity index (χ1) is 15.5. The Kier molecular flexibility index (Phi) is 11.0.